The number of carbonyl (C=O) groups is 1. The number of nitrogens with zero attached hydrogens (tertiary/aromatic N) is 1. The molecule has 1 saturated carbocycles. The quantitative estimate of drug-likeness (QED) is 0.718. The molecule has 0 aromatic carbocycles. The van der Waals surface area contributed by atoms with Gasteiger partial charge >= 0.3 is 5.97 Å². The van der Waals surface area contributed by atoms with Crippen LogP contribution >= 0.6 is 0 Å². The lowest BCUT2D eigenvalue weighted by atomic mass is 9.77. The topological polar surface area (TPSA) is 29.5 Å². The van der Waals surface area contributed by atoms with Crippen LogP contribution in [0, 0.1) is 5.41 Å². The third-order valence-corrected chi connectivity index (χ3v) is 4.82. The highest BCUT2D eigenvalue weighted by Gasteiger charge is 2.39. The number of ether oxygens (including phenoxy) is 1. The van der Waals surface area contributed by atoms with E-state index in [-0.39, 0.29) is 17.6 Å². The van der Waals surface area contributed by atoms with Crippen molar-refractivity contribution in [1.29, 1.82) is 0 Å². The summed E-state index contributed by atoms with van der Waals surface area (Å²) in [6, 6.07) is -0.0991. The van der Waals surface area contributed by atoms with Gasteiger partial charge < -0.3 is 4.74 Å². The van der Waals surface area contributed by atoms with Gasteiger partial charge in [-0.2, -0.15) is 0 Å². The molecule has 1 unspecified atom stereocenters. The van der Waals surface area contributed by atoms with Crippen LogP contribution in [0.15, 0.2) is 0 Å². The molecule has 3 heteroatoms. The SMILES string of the molecule is CC(C(=O)OC(C)(C)C)N1CCC2(CCCC2)CC1. The summed E-state index contributed by atoms with van der Waals surface area (Å²) in [6.07, 6.45) is 8.15. The molecule has 2 fully saturated rings. The second-order valence-corrected chi connectivity index (χ2v) is 7.45. The second kappa shape index (κ2) is 5.43. The van der Waals surface area contributed by atoms with Gasteiger partial charge in [0.15, 0.2) is 0 Å². The highest BCUT2D eigenvalue weighted by atomic mass is 16.6. The summed E-state index contributed by atoms with van der Waals surface area (Å²) in [4.78, 5) is 14.4. The Balaban J connectivity index is 1.85. The molecule has 0 aromatic heterocycles. The monoisotopic (exact) mass is 267 g/mol. The number of esters is 1. The zero-order chi connectivity index (χ0) is 14.1. The van der Waals surface area contributed by atoms with Crippen LogP contribution in [0.5, 0.6) is 0 Å². The normalized spacial score (nSPS) is 25.5. The van der Waals surface area contributed by atoms with Gasteiger partial charge in [-0.3, -0.25) is 9.69 Å². The van der Waals surface area contributed by atoms with Crippen LogP contribution in [0.3, 0.4) is 0 Å². The van der Waals surface area contributed by atoms with Gasteiger partial charge in [0.25, 0.3) is 0 Å². The molecule has 19 heavy (non-hydrogen) atoms. The molecule has 0 radical (unpaired) electrons. The minimum Gasteiger partial charge on any atom is -0.459 e. The van der Waals surface area contributed by atoms with Gasteiger partial charge in [-0.15, -0.1) is 0 Å². The predicted molar refractivity (Wildman–Crippen MR) is 77.0 cm³/mol. The van der Waals surface area contributed by atoms with E-state index in [1.54, 1.807) is 0 Å². The molecule has 3 nitrogen and oxygen atoms in total. The van der Waals surface area contributed by atoms with Crippen LogP contribution in [0.1, 0.15) is 66.2 Å². The predicted octanol–water partition coefficient (Wildman–Crippen LogP) is 3.37. The summed E-state index contributed by atoms with van der Waals surface area (Å²) in [7, 11) is 0. The molecule has 0 amide bonds. The van der Waals surface area contributed by atoms with Crippen molar-refractivity contribution < 1.29 is 9.53 Å². The van der Waals surface area contributed by atoms with E-state index in [1.165, 1.54) is 38.5 Å². The van der Waals surface area contributed by atoms with Crippen LogP contribution in [-0.4, -0.2) is 35.6 Å². The van der Waals surface area contributed by atoms with Gasteiger partial charge in [-0.1, -0.05) is 12.8 Å². The molecular formula is C16H29NO2. The van der Waals surface area contributed by atoms with E-state index in [9.17, 15) is 4.79 Å². The third kappa shape index (κ3) is 3.71. The van der Waals surface area contributed by atoms with Crippen molar-refractivity contribution >= 4 is 5.97 Å². The van der Waals surface area contributed by atoms with Crippen molar-refractivity contribution in [1.82, 2.24) is 4.90 Å². The molecule has 1 saturated heterocycles. The second-order valence-electron chi connectivity index (χ2n) is 7.45. The lowest BCUT2D eigenvalue weighted by Crippen LogP contribution is -2.48. The van der Waals surface area contributed by atoms with Crippen molar-refractivity contribution in [2.45, 2.75) is 77.9 Å². The highest BCUT2D eigenvalue weighted by Crippen LogP contribution is 2.46. The van der Waals surface area contributed by atoms with Crippen LogP contribution in [0.25, 0.3) is 0 Å². The molecule has 1 atom stereocenters. The van der Waals surface area contributed by atoms with Crippen molar-refractivity contribution in [3.05, 3.63) is 0 Å². The molecule has 0 bridgehead atoms. The van der Waals surface area contributed by atoms with E-state index in [2.05, 4.69) is 4.90 Å². The highest BCUT2D eigenvalue weighted by molar-refractivity contribution is 5.75. The first-order valence-electron chi connectivity index (χ1n) is 7.78. The van der Waals surface area contributed by atoms with Crippen molar-refractivity contribution in [2.24, 2.45) is 5.41 Å². The lowest BCUT2D eigenvalue weighted by molar-refractivity contribution is -0.161. The van der Waals surface area contributed by atoms with Crippen molar-refractivity contribution in [3.63, 3.8) is 0 Å². The standard InChI is InChI=1S/C16H29NO2/c1-13(14(18)19-15(2,3)4)17-11-9-16(10-12-17)7-5-6-8-16/h13H,5-12H2,1-4H3. The Kier molecular flexibility index (Phi) is 4.24. The molecule has 1 heterocycles. The Labute approximate surface area is 117 Å². The first-order valence-corrected chi connectivity index (χ1v) is 7.78. The van der Waals surface area contributed by atoms with Gasteiger partial charge in [-0.25, -0.2) is 0 Å². The van der Waals surface area contributed by atoms with E-state index in [0.29, 0.717) is 5.41 Å². The van der Waals surface area contributed by atoms with Gasteiger partial charge in [0.05, 0.1) is 0 Å². The summed E-state index contributed by atoms with van der Waals surface area (Å²) in [5.74, 6) is -0.0742. The number of hydrogen-bond acceptors (Lipinski definition) is 3. The van der Waals surface area contributed by atoms with E-state index < -0.39 is 0 Å². The maximum absolute atomic E-state index is 12.1. The van der Waals surface area contributed by atoms with Crippen molar-refractivity contribution in [3.8, 4) is 0 Å². The van der Waals surface area contributed by atoms with E-state index >= 15 is 0 Å². The minimum absolute atomic E-state index is 0.0742. The Morgan fingerprint density at radius 1 is 1.11 bits per heavy atom. The fraction of sp³-hybridized carbons (Fsp3) is 0.938. The maximum Gasteiger partial charge on any atom is 0.323 e. The number of likely N-dealkylation sites (tertiary alicyclic amines) is 1. The van der Waals surface area contributed by atoms with E-state index in [1.807, 2.05) is 27.7 Å². The molecule has 2 rings (SSSR count). The van der Waals surface area contributed by atoms with Gasteiger partial charge in [-0.05, 0) is 71.9 Å². The first-order chi connectivity index (χ1) is 8.81. The third-order valence-electron chi connectivity index (χ3n) is 4.82. The van der Waals surface area contributed by atoms with E-state index in [4.69, 9.17) is 4.74 Å². The maximum atomic E-state index is 12.1. The molecule has 1 aliphatic carbocycles. The minimum atomic E-state index is -0.381. The summed E-state index contributed by atoms with van der Waals surface area (Å²) >= 11 is 0. The molecule has 0 aromatic rings. The molecule has 1 aliphatic heterocycles. The van der Waals surface area contributed by atoms with Crippen LogP contribution < -0.4 is 0 Å². The molecule has 1 spiro atoms. The van der Waals surface area contributed by atoms with Crippen molar-refractivity contribution in [2.75, 3.05) is 13.1 Å². The summed E-state index contributed by atoms with van der Waals surface area (Å²) in [5, 5.41) is 0. The summed E-state index contributed by atoms with van der Waals surface area (Å²) < 4.78 is 5.49. The fourth-order valence-electron chi connectivity index (χ4n) is 3.55. The van der Waals surface area contributed by atoms with Gasteiger partial charge in [0.2, 0.25) is 0 Å². The molecule has 2 aliphatic rings. The number of hydrogen-bond donors (Lipinski definition) is 0. The Morgan fingerprint density at radius 3 is 2.11 bits per heavy atom. The Hall–Kier alpha value is -0.570. The first kappa shape index (κ1) is 14.8. The number of carbonyl (C=O) groups excluding carboxylic acids is 1. The Bertz CT molecular complexity index is 316. The number of rotatable bonds is 2. The van der Waals surface area contributed by atoms with E-state index in [0.717, 1.165) is 13.1 Å². The average molecular weight is 267 g/mol. The fourth-order valence-corrected chi connectivity index (χ4v) is 3.55. The zero-order valence-electron chi connectivity index (χ0n) is 13.0. The lowest BCUT2D eigenvalue weighted by Gasteiger charge is -2.41. The summed E-state index contributed by atoms with van der Waals surface area (Å²) in [6.45, 7) is 9.89. The Morgan fingerprint density at radius 2 is 1.63 bits per heavy atom. The molecule has 110 valence electrons. The van der Waals surface area contributed by atoms with Crippen LogP contribution in [0.2, 0.25) is 0 Å². The largest absolute Gasteiger partial charge is 0.459 e. The van der Waals surface area contributed by atoms with Gasteiger partial charge in [0, 0.05) is 0 Å². The average Bonchev–Trinajstić information content (AvgIpc) is 2.75. The number of piperidine rings is 1. The van der Waals surface area contributed by atoms with Gasteiger partial charge in [0.1, 0.15) is 11.6 Å². The zero-order valence-corrected chi connectivity index (χ0v) is 13.0. The smallest absolute Gasteiger partial charge is 0.323 e. The molecular weight excluding hydrogens is 238 g/mol. The van der Waals surface area contributed by atoms with Crippen LogP contribution in [0.4, 0.5) is 0 Å². The van der Waals surface area contributed by atoms with Crippen LogP contribution in [-0.2, 0) is 9.53 Å². The molecule has 0 N–H and O–H groups in total. The summed E-state index contributed by atoms with van der Waals surface area (Å²) in [5.41, 5.74) is 0.234.